The first-order valence-corrected chi connectivity index (χ1v) is 4.82. The monoisotopic (exact) mass is 269 g/mol. The van der Waals surface area contributed by atoms with Gasteiger partial charge in [0.15, 0.2) is 0 Å². The summed E-state index contributed by atoms with van der Waals surface area (Å²) in [7, 11) is 0. The van der Waals surface area contributed by atoms with Gasteiger partial charge in [-0.25, -0.2) is 0 Å². The van der Waals surface area contributed by atoms with Gasteiger partial charge in [0.25, 0.3) is 0 Å². The Morgan fingerprint density at radius 3 is 2.75 bits per heavy atom. The summed E-state index contributed by atoms with van der Waals surface area (Å²) in [6.45, 7) is 2.42. The van der Waals surface area contributed by atoms with Crippen molar-refractivity contribution in [1.82, 2.24) is 0 Å². The molecule has 0 aliphatic heterocycles. The summed E-state index contributed by atoms with van der Waals surface area (Å²) in [6.07, 6.45) is 0. The Labute approximate surface area is 90.0 Å². The van der Waals surface area contributed by atoms with Crippen molar-refractivity contribution in [3.8, 4) is 0 Å². The van der Waals surface area contributed by atoms with E-state index in [0.29, 0.717) is 6.61 Å². The zero-order chi connectivity index (χ0) is 8.27. The van der Waals surface area contributed by atoms with Crippen molar-refractivity contribution in [3.05, 3.63) is 20.8 Å². The van der Waals surface area contributed by atoms with Gasteiger partial charge in [-0.05, 0) is 35.0 Å². The van der Waals surface area contributed by atoms with E-state index in [1.54, 1.807) is 0 Å². The summed E-state index contributed by atoms with van der Waals surface area (Å²) in [6, 6.07) is 3.78. The number of nitrogens with one attached hydrogen (secondary N) is 1. The van der Waals surface area contributed by atoms with Crippen LogP contribution in [0.15, 0.2) is 15.9 Å². The molecule has 0 aromatic carbocycles. The lowest BCUT2D eigenvalue weighted by atomic mass is 10.5. The molecular weight excluding hydrogens is 262 g/mol. The van der Waals surface area contributed by atoms with E-state index < -0.39 is 0 Å². The maximum atomic E-state index is 7.41. The maximum Gasteiger partial charge on any atom is 0.223 e. The Kier molecular flexibility index (Phi) is 5.53. The predicted octanol–water partition coefficient (Wildman–Crippen LogP) is 3.29. The molecule has 0 atom stereocenters. The van der Waals surface area contributed by atoms with E-state index in [0.717, 1.165) is 8.66 Å². The lowest BCUT2D eigenvalue weighted by Crippen LogP contribution is -2.01. The third kappa shape index (κ3) is 3.13. The fourth-order valence-corrected chi connectivity index (χ4v) is 1.94. The molecule has 0 aliphatic carbocycles. The highest BCUT2D eigenvalue weighted by atomic mass is 79.9. The molecule has 0 saturated carbocycles. The number of ether oxygens (including phenoxy) is 1. The van der Waals surface area contributed by atoms with Gasteiger partial charge >= 0.3 is 0 Å². The zero-order valence-corrected chi connectivity index (χ0v) is 9.68. The lowest BCUT2D eigenvalue weighted by molar-refractivity contribution is 0.326. The molecule has 12 heavy (non-hydrogen) atoms. The van der Waals surface area contributed by atoms with Crippen LogP contribution < -0.4 is 0 Å². The first kappa shape index (κ1) is 11.9. The summed E-state index contributed by atoms with van der Waals surface area (Å²) in [5, 5.41) is 7.41. The van der Waals surface area contributed by atoms with E-state index in [1.807, 2.05) is 19.1 Å². The summed E-state index contributed by atoms with van der Waals surface area (Å²) in [4.78, 5) is 0.860. The van der Waals surface area contributed by atoms with Gasteiger partial charge in [0, 0.05) is 0 Å². The number of thiophene rings is 1. The molecule has 1 aromatic heterocycles. The minimum Gasteiger partial charge on any atom is -0.477 e. The van der Waals surface area contributed by atoms with Gasteiger partial charge in [0.05, 0.1) is 15.3 Å². The highest BCUT2D eigenvalue weighted by molar-refractivity contribution is 9.11. The summed E-state index contributed by atoms with van der Waals surface area (Å²) in [5.74, 6) is 0.253. The third-order valence-electron chi connectivity index (χ3n) is 1.09. The normalized spacial score (nSPS) is 8.83. The molecule has 1 N–H and O–H groups in total. The second-order valence-electron chi connectivity index (χ2n) is 1.87. The first-order valence-electron chi connectivity index (χ1n) is 3.21. The third-order valence-corrected chi connectivity index (χ3v) is 2.71. The molecule has 0 spiro atoms. The smallest absolute Gasteiger partial charge is 0.223 e. The second kappa shape index (κ2) is 5.56. The maximum absolute atomic E-state index is 7.41. The topological polar surface area (TPSA) is 33.1 Å². The van der Waals surface area contributed by atoms with Crippen molar-refractivity contribution in [3.63, 3.8) is 0 Å². The van der Waals surface area contributed by atoms with Crippen molar-refractivity contribution in [2.24, 2.45) is 0 Å². The van der Waals surface area contributed by atoms with Gasteiger partial charge in [0.1, 0.15) is 0 Å². The number of halogens is 2. The van der Waals surface area contributed by atoms with Crippen LogP contribution in [0.3, 0.4) is 0 Å². The van der Waals surface area contributed by atoms with Crippen LogP contribution in [0.25, 0.3) is 0 Å². The standard InChI is InChI=1S/C7H8BrNOS.ClH/c1-2-10-7(9)5-3-4-6(8)11-5;/h3-4,9H,2H2,1H3;1H. The molecule has 0 aliphatic rings. The van der Waals surface area contributed by atoms with E-state index in [1.165, 1.54) is 11.3 Å². The molecule has 1 aromatic rings. The van der Waals surface area contributed by atoms with E-state index in [4.69, 9.17) is 10.1 Å². The van der Waals surface area contributed by atoms with Gasteiger partial charge in [-0.2, -0.15) is 0 Å². The van der Waals surface area contributed by atoms with Crippen LogP contribution >= 0.6 is 39.7 Å². The molecule has 0 amide bonds. The molecule has 68 valence electrons. The zero-order valence-electron chi connectivity index (χ0n) is 6.46. The fraction of sp³-hybridized carbons (Fsp3) is 0.286. The van der Waals surface area contributed by atoms with Crippen LogP contribution in [0, 0.1) is 5.41 Å². The molecule has 1 heterocycles. The van der Waals surface area contributed by atoms with Crippen LogP contribution in [0.5, 0.6) is 0 Å². The molecule has 5 heteroatoms. The van der Waals surface area contributed by atoms with Crippen LogP contribution in [0.4, 0.5) is 0 Å². The number of hydrogen-bond donors (Lipinski definition) is 1. The molecule has 2 nitrogen and oxygen atoms in total. The van der Waals surface area contributed by atoms with Crippen molar-refractivity contribution in [2.45, 2.75) is 6.92 Å². The molecule has 0 radical (unpaired) electrons. The molecule has 0 bridgehead atoms. The van der Waals surface area contributed by atoms with Crippen LogP contribution in [0.1, 0.15) is 11.8 Å². The predicted molar refractivity (Wildman–Crippen MR) is 57.7 cm³/mol. The Bertz CT molecular complexity index is 264. The SMILES string of the molecule is CCOC(=N)c1ccc(Br)s1.Cl. The number of hydrogen-bond acceptors (Lipinski definition) is 3. The Morgan fingerprint density at radius 2 is 2.33 bits per heavy atom. The van der Waals surface area contributed by atoms with Gasteiger partial charge in [-0.1, -0.05) is 0 Å². The van der Waals surface area contributed by atoms with Gasteiger partial charge in [-0.3, -0.25) is 5.41 Å². The van der Waals surface area contributed by atoms with Gasteiger partial charge in [-0.15, -0.1) is 23.7 Å². The second-order valence-corrected chi connectivity index (χ2v) is 4.33. The largest absolute Gasteiger partial charge is 0.477 e. The molecule has 0 unspecified atom stereocenters. The van der Waals surface area contributed by atoms with Crippen molar-refractivity contribution < 1.29 is 4.74 Å². The highest BCUT2D eigenvalue weighted by Crippen LogP contribution is 2.22. The molecule has 1 rings (SSSR count). The minimum absolute atomic E-state index is 0. The van der Waals surface area contributed by atoms with Crippen LogP contribution in [-0.2, 0) is 4.74 Å². The van der Waals surface area contributed by atoms with Crippen molar-refractivity contribution in [1.29, 1.82) is 5.41 Å². The van der Waals surface area contributed by atoms with Gasteiger partial charge < -0.3 is 4.74 Å². The quantitative estimate of drug-likeness (QED) is 0.649. The Balaban J connectivity index is 0.00000121. The van der Waals surface area contributed by atoms with E-state index in [2.05, 4.69) is 15.9 Å². The first-order chi connectivity index (χ1) is 5.24. The average Bonchev–Trinajstić information content (AvgIpc) is 2.36. The Hall–Kier alpha value is -0.0600. The summed E-state index contributed by atoms with van der Waals surface area (Å²) >= 11 is 4.82. The van der Waals surface area contributed by atoms with Crippen molar-refractivity contribution in [2.75, 3.05) is 6.61 Å². The molecular formula is C7H9BrClNOS. The average molecular weight is 271 g/mol. The molecule has 0 saturated heterocycles. The van der Waals surface area contributed by atoms with Crippen molar-refractivity contribution >= 4 is 45.6 Å². The van der Waals surface area contributed by atoms with E-state index in [9.17, 15) is 0 Å². The van der Waals surface area contributed by atoms with Gasteiger partial charge in [0.2, 0.25) is 5.90 Å². The van der Waals surface area contributed by atoms with E-state index >= 15 is 0 Å². The van der Waals surface area contributed by atoms with Crippen LogP contribution in [-0.4, -0.2) is 12.5 Å². The lowest BCUT2D eigenvalue weighted by Gasteiger charge is -1.99. The fourth-order valence-electron chi connectivity index (χ4n) is 0.652. The minimum atomic E-state index is 0. The summed E-state index contributed by atoms with van der Waals surface area (Å²) < 4.78 is 6.04. The summed E-state index contributed by atoms with van der Waals surface area (Å²) in [5.41, 5.74) is 0. The van der Waals surface area contributed by atoms with Crippen LogP contribution in [0.2, 0.25) is 0 Å². The number of rotatable bonds is 2. The highest BCUT2D eigenvalue weighted by Gasteiger charge is 2.03. The molecule has 0 fully saturated rings. The van der Waals surface area contributed by atoms with E-state index in [-0.39, 0.29) is 18.3 Å². The Morgan fingerprint density at radius 1 is 1.67 bits per heavy atom.